The molecule has 0 aliphatic heterocycles. The van der Waals surface area contributed by atoms with Gasteiger partial charge in [-0.1, -0.05) is 12.1 Å². The van der Waals surface area contributed by atoms with Crippen molar-refractivity contribution in [2.24, 2.45) is 0 Å². The Morgan fingerprint density at radius 2 is 0.756 bits per heavy atom. The number of nitrogens with one attached hydrogen (secondary N) is 2. The maximum Gasteiger partial charge on any atom is 0.407 e. The van der Waals surface area contributed by atoms with Gasteiger partial charge in [-0.2, -0.15) is 0 Å². The molecule has 0 saturated heterocycles. The van der Waals surface area contributed by atoms with Gasteiger partial charge in [-0.25, -0.2) is 9.59 Å². The first-order chi connectivity index (χ1) is 39.7. The van der Waals surface area contributed by atoms with Crippen molar-refractivity contribution in [2.75, 3.05) is 225 Å². The lowest BCUT2D eigenvalue weighted by Gasteiger charge is -2.20. The molecule has 82 heavy (non-hydrogen) atoms. The van der Waals surface area contributed by atoms with E-state index in [0.717, 1.165) is 5.56 Å². The number of hydrogen-bond acceptors (Lipinski definition) is 23. The SMILES string of the molecule is COCCOCCOCCOCCOCCOCCOCCOCCOCCOCCOCCOCCCC(=O)C(Cc1ccc(OCC(=O)OC(C)(C)C)cc1)NC(=O)CCOCCOCCOCCOCCNC(=O)OC(C)(C)C. The largest absolute Gasteiger partial charge is 0.482 e. The summed E-state index contributed by atoms with van der Waals surface area (Å²) in [5.41, 5.74) is -0.394. The highest BCUT2D eigenvalue weighted by Crippen LogP contribution is 2.16. The van der Waals surface area contributed by atoms with Crippen LogP contribution in [0.4, 0.5) is 4.79 Å². The van der Waals surface area contributed by atoms with Crippen molar-refractivity contribution in [3.63, 3.8) is 0 Å². The van der Waals surface area contributed by atoms with Gasteiger partial charge in [-0.3, -0.25) is 9.59 Å². The van der Waals surface area contributed by atoms with Gasteiger partial charge in [0.25, 0.3) is 0 Å². The Bertz CT molecular complexity index is 1650. The molecule has 478 valence electrons. The van der Waals surface area contributed by atoms with E-state index in [-0.39, 0.29) is 50.8 Å². The number of alkyl carbamates (subject to hydrolysis) is 1. The first kappa shape index (κ1) is 76.3. The van der Waals surface area contributed by atoms with E-state index in [1.54, 1.807) is 72.9 Å². The molecule has 25 heteroatoms. The third-order valence-electron chi connectivity index (χ3n) is 10.2. The molecule has 25 nitrogen and oxygen atoms in total. The number of carbonyl (C=O) groups is 4. The van der Waals surface area contributed by atoms with E-state index in [4.69, 9.17) is 90.0 Å². The third kappa shape index (κ3) is 54.2. The molecule has 0 aromatic heterocycles. The molecular weight excluding hydrogens is 1080 g/mol. The summed E-state index contributed by atoms with van der Waals surface area (Å²) in [4.78, 5) is 50.3. The second-order valence-corrected chi connectivity index (χ2v) is 19.8. The molecule has 0 radical (unpaired) electrons. The van der Waals surface area contributed by atoms with Crippen LogP contribution >= 0.6 is 0 Å². The Morgan fingerprint density at radius 3 is 1.12 bits per heavy atom. The summed E-state index contributed by atoms with van der Waals surface area (Å²) < 4.78 is 104. The van der Waals surface area contributed by atoms with Crippen LogP contribution in [0.15, 0.2) is 24.3 Å². The van der Waals surface area contributed by atoms with Crippen molar-refractivity contribution in [3.05, 3.63) is 29.8 Å². The topological polar surface area (TPSA) is 268 Å². The zero-order chi connectivity index (χ0) is 59.9. The molecule has 0 spiro atoms. The van der Waals surface area contributed by atoms with Crippen molar-refractivity contribution in [3.8, 4) is 5.75 Å². The van der Waals surface area contributed by atoms with Gasteiger partial charge in [0.2, 0.25) is 5.91 Å². The lowest BCUT2D eigenvalue weighted by molar-refractivity contribution is -0.157. The maximum absolute atomic E-state index is 13.5. The Kier molecular flexibility index (Phi) is 50.2. The van der Waals surface area contributed by atoms with E-state index in [0.29, 0.717) is 210 Å². The van der Waals surface area contributed by atoms with Gasteiger partial charge in [0.15, 0.2) is 12.4 Å². The molecule has 0 aliphatic rings. The predicted octanol–water partition coefficient (Wildman–Crippen LogP) is 3.59. The average Bonchev–Trinajstić information content (AvgIpc) is 3.42. The number of rotatable bonds is 59. The molecule has 0 aliphatic carbocycles. The van der Waals surface area contributed by atoms with Gasteiger partial charge >= 0.3 is 12.1 Å². The van der Waals surface area contributed by atoms with Gasteiger partial charge in [0.1, 0.15) is 17.0 Å². The van der Waals surface area contributed by atoms with E-state index in [1.165, 1.54) is 0 Å². The molecule has 0 fully saturated rings. The third-order valence-corrected chi connectivity index (χ3v) is 10.2. The standard InChI is InChI=1S/C57H102N2O23/c1-56(2,3)81-54(62)48-80-50-12-10-49(11-13-50)47-51(59-53(61)14-17-66-22-25-70-30-31-71-26-23-67-18-15-58-55(63)82-57(4,5)6)52(60)9-8-16-65-21-24-69-29-32-73-35-36-75-39-40-77-43-44-79-46-45-78-42-41-76-38-37-74-34-33-72-28-27-68-20-19-64-7/h10-13,51H,8-9,14-48H2,1-7H3,(H,58,63)(H,59,61). The first-order valence-corrected chi connectivity index (χ1v) is 28.6. The van der Waals surface area contributed by atoms with Crippen molar-refractivity contribution in [1.82, 2.24) is 10.6 Å². The summed E-state index contributed by atoms with van der Waals surface area (Å²) in [7, 11) is 1.64. The molecule has 1 atom stereocenters. The predicted molar refractivity (Wildman–Crippen MR) is 301 cm³/mol. The van der Waals surface area contributed by atoms with Crippen LogP contribution in [0.3, 0.4) is 0 Å². The summed E-state index contributed by atoms with van der Waals surface area (Å²) in [6.07, 6.45) is 0.457. The Labute approximate surface area is 487 Å². The maximum atomic E-state index is 13.5. The summed E-state index contributed by atoms with van der Waals surface area (Å²) in [6, 6.07) is 6.19. The smallest absolute Gasteiger partial charge is 0.407 e. The number of hydrogen-bond donors (Lipinski definition) is 2. The number of amides is 2. The van der Waals surface area contributed by atoms with Gasteiger partial charge in [-0.05, 0) is 72.1 Å². The van der Waals surface area contributed by atoms with Gasteiger partial charge in [0.05, 0.1) is 204 Å². The summed E-state index contributed by atoms with van der Waals surface area (Å²) in [5.74, 6) is -0.488. The van der Waals surface area contributed by atoms with Crippen LogP contribution in [-0.4, -0.2) is 266 Å². The number of Topliss-reactive ketones (excluding diaryl/α,β-unsaturated/α-hetero) is 1. The zero-order valence-corrected chi connectivity index (χ0v) is 50.4. The minimum absolute atomic E-state index is 0.0499. The second-order valence-electron chi connectivity index (χ2n) is 19.8. The Hall–Kier alpha value is -3.74. The number of ketones is 1. The van der Waals surface area contributed by atoms with Crippen LogP contribution in [0.2, 0.25) is 0 Å². The van der Waals surface area contributed by atoms with E-state index in [1.807, 2.05) is 0 Å². The molecular formula is C57H102N2O23. The van der Waals surface area contributed by atoms with Crippen LogP contribution in [0, 0.1) is 0 Å². The fourth-order valence-electron chi connectivity index (χ4n) is 6.41. The number of ether oxygens (including phenoxy) is 19. The van der Waals surface area contributed by atoms with Crippen LogP contribution in [0.25, 0.3) is 0 Å². The summed E-state index contributed by atoms with van der Waals surface area (Å²) >= 11 is 0. The number of benzene rings is 1. The second kappa shape index (κ2) is 53.9. The van der Waals surface area contributed by atoms with E-state index in [9.17, 15) is 19.2 Å². The van der Waals surface area contributed by atoms with Crippen LogP contribution in [-0.2, 0) is 106 Å². The number of esters is 1. The monoisotopic (exact) mass is 1180 g/mol. The van der Waals surface area contributed by atoms with Crippen LogP contribution in [0.1, 0.15) is 66.4 Å². The first-order valence-electron chi connectivity index (χ1n) is 28.6. The minimum Gasteiger partial charge on any atom is -0.482 e. The molecule has 0 heterocycles. The van der Waals surface area contributed by atoms with Crippen molar-refractivity contribution >= 4 is 23.8 Å². The molecule has 1 aromatic rings. The molecule has 1 unspecified atom stereocenters. The normalized spacial score (nSPS) is 12.1. The van der Waals surface area contributed by atoms with Crippen molar-refractivity contribution in [1.29, 1.82) is 0 Å². The lowest BCUT2D eigenvalue weighted by Crippen LogP contribution is -2.42. The fourth-order valence-corrected chi connectivity index (χ4v) is 6.41. The summed E-state index contributed by atoms with van der Waals surface area (Å²) in [5, 5.41) is 5.51. The van der Waals surface area contributed by atoms with Crippen LogP contribution < -0.4 is 15.4 Å². The Morgan fingerprint density at radius 1 is 0.415 bits per heavy atom. The van der Waals surface area contributed by atoms with E-state index < -0.39 is 29.3 Å². The highest BCUT2D eigenvalue weighted by atomic mass is 16.6. The van der Waals surface area contributed by atoms with Gasteiger partial charge < -0.3 is 101 Å². The zero-order valence-electron chi connectivity index (χ0n) is 50.4. The van der Waals surface area contributed by atoms with E-state index in [2.05, 4.69) is 10.6 Å². The highest BCUT2D eigenvalue weighted by molar-refractivity contribution is 5.89. The molecule has 2 amide bonds. The quantitative estimate of drug-likeness (QED) is 0.0697. The van der Waals surface area contributed by atoms with E-state index >= 15 is 0 Å². The number of carbonyl (C=O) groups excluding carboxylic acids is 4. The van der Waals surface area contributed by atoms with Crippen molar-refractivity contribution in [2.45, 2.75) is 84.5 Å². The Balaban J connectivity index is 2.14. The van der Waals surface area contributed by atoms with Gasteiger partial charge in [0, 0.05) is 33.1 Å². The molecule has 0 bridgehead atoms. The highest BCUT2D eigenvalue weighted by Gasteiger charge is 2.22. The lowest BCUT2D eigenvalue weighted by atomic mass is 9.99. The minimum atomic E-state index is -0.787. The average molecular weight is 1180 g/mol. The molecule has 1 rings (SSSR count). The summed E-state index contributed by atoms with van der Waals surface area (Å²) in [6.45, 7) is 24.0. The molecule has 0 saturated carbocycles. The fraction of sp³-hybridized carbons (Fsp3) is 0.825. The molecule has 1 aromatic carbocycles. The van der Waals surface area contributed by atoms with Crippen LogP contribution in [0.5, 0.6) is 5.75 Å². The number of methoxy groups -OCH3 is 1. The van der Waals surface area contributed by atoms with Gasteiger partial charge in [-0.15, -0.1) is 0 Å². The molecule has 2 N–H and O–H groups in total. The van der Waals surface area contributed by atoms with Crippen molar-refractivity contribution < 1.29 is 109 Å².